The Bertz CT molecular complexity index is 523. The quantitative estimate of drug-likeness (QED) is 0.850. The van der Waals surface area contributed by atoms with Gasteiger partial charge in [0.15, 0.2) is 0 Å². The van der Waals surface area contributed by atoms with Gasteiger partial charge in [0.2, 0.25) is 0 Å². The fourth-order valence-electron chi connectivity index (χ4n) is 1.81. The van der Waals surface area contributed by atoms with E-state index in [1.54, 1.807) is 0 Å². The summed E-state index contributed by atoms with van der Waals surface area (Å²) in [6.07, 6.45) is 1.81. The highest BCUT2D eigenvalue weighted by Gasteiger charge is 2.04. The van der Waals surface area contributed by atoms with Crippen LogP contribution in [0.15, 0.2) is 47.1 Å². The van der Waals surface area contributed by atoms with Gasteiger partial charge >= 0.3 is 0 Å². The molecule has 20 heavy (non-hydrogen) atoms. The Balaban J connectivity index is 0.00000200. The van der Waals surface area contributed by atoms with Crippen LogP contribution in [0, 0.1) is 0 Å². The molecule has 1 aromatic heterocycles. The highest BCUT2D eigenvalue weighted by molar-refractivity contribution is 9.10. The van der Waals surface area contributed by atoms with Crippen LogP contribution in [0.5, 0.6) is 5.75 Å². The van der Waals surface area contributed by atoms with Crippen molar-refractivity contribution in [2.24, 2.45) is 0 Å². The minimum absolute atomic E-state index is 0. The van der Waals surface area contributed by atoms with E-state index in [0.29, 0.717) is 6.61 Å². The number of nitrogens with one attached hydrogen (secondary N) is 1. The van der Waals surface area contributed by atoms with Gasteiger partial charge in [-0.1, -0.05) is 22.0 Å². The van der Waals surface area contributed by atoms with Gasteiger partial charge in [0, 0.05) is 29.3 Å². The Hall–Kier alpha value is -1.10. The summed E-state index contributed by atoms with van der Waals surface area (Å²) in [5.41, 5.74) is 2.18. The SMILES string of the molecule is CCOc1ccc(Br)cc1CNCc1ccccn1.Cl. The molecule has 0 unspecified atom stereocenters. The molecule has 0 radical (unpaired) electrons. The van der Waals surface area contributed by atoms with Crippen molar-refractivity contribution >= 4 is 28.3 Å². The molecule has 0 bridgehead atoms. The molecule has 2 aromatic rings. The number of halogens is 2. The van der Waals surface area contributed by atoms with Crippen molar-refractivity contribution in [3.63, 3.8) is 0 Å². The van der Waals surface area contributed by atoms with E-state index in [1.165, 1.54) is 0 Å². The van der Waals surface area contributed by atoms with Gasteiger partial charge in [0.25, 0.3) is 0 Å². The number of pyridine rings is 1. The van der Waals surface area contributed by atoms with Gasteiger partial charge in [-0.3, -0.25) is 4.98 Å². The van der Waals surface area contributed by atoms with Gasteiger partial charge < -0.3 is 10.1 Å². The number of hydrogen-bond donors (Lipinski definition) is 1. The minimum Gasteiger partial charge on any atom is -0.494 e. The molecular weight excluding hydrogens is 340 g/mol. The predicted molar refractivity (Wildman–Crippen MR) is 87.3 cm³/mol. The van der Waals surface area contributed by atoms with Gasteiger partial charge in [0.05, 0.1) is 12.3 Å². The number of hydrogen-bond acceptors (Lipinski definition) is 3. The highest BCUT2D eigenvalue weighted by Crippen LogP contribution is 2.23. The van der Waals surface area contributed by atoms with Crippen molar-refractivity contribution in [1.82, 2.24) is 10.3 Å². The van der Waals surface area contributed by atoms with E-state index in [1.807, 2.05) is 43.5 Å². The molecule has 0 aliphatic rings. The first-order valence-corrected chi connectivity index (χ1v) is 7.10. The number of aromatic nitrogens is 1. The van der Waals surface area contributed by atoms with Crippen molar-refractivity contribution in [1.29, 1.82) is 0 Å². The fourth-order valence-corrected chi connectivity index (χ4v) is 2.22. The predicted octanol–water partition coefficient (Wildman–Crippen LogP) is 3.95. The van der Waals surface area contributed by atoms with E-state index in [-0.39, 0.29) is 12.4 Å². The number of ether oxygens (including phenoxy) is 1. The Morgan fingerprint density at radius 3 is 2.75 bits per heavy atom. The maximum Gasteiger partial charge on any atom is 0.123 e. The molecule has 0 saturated heterocycles. The number of rotatable bonds is 6. The average molecular weight is 358 g/mol. The summed E-state index contributed by atoms with van der Waals surface area (Å²) in [5.74, 6) is 0.930. The molecule has 0 saturated carbocycles. The van der Waals surface area contributed by atoms with Gasteiger partial charge in [-0.2, -0.15) is 0 Å². The van der Waals surface area contributed by atoms with E-state index in [9.17, 15) is 0 Å². The topological polar surface area (TPSA) is 34.1 Å². The molecular formula is C15H18BrClN2O. The molecule has 0 fully saturated rings. The molecule has 3 nitrogen and oxygen atoms in total. The van der Waals surface area contributed by atoms with Gasteiger partial charge in [-0.15, -0.1) is 12.4 Å². The van der Waals surface area contributed by atoms with Crippen molar-refractivity contribution in [3.8, 4) is 5.75 Å². The second kappa shape index (κ2) is 8.95. The van der Waals surface area contributed by atoms with E-state index in [0.717, 1.165) is 34.6 Å². The van der Waals surface area contributed by atoms with Gasteiger partial charge in [-0.25, -0.2) is 0 Å². The van der Waals surface area contributed by atoms with Gasteiger partial charge in [0.1, 0.15) is 5.75 Å². The molecule has 0 aliphatic carbocycles. The Labute approximate surface area is 134 Å². The van der Waals surface area contributed by atoms with Crippen LogP contribution in [0.1, 0.15) is 18.2 Å². The van der Waals surface area contributed by atoms with Gasteiger partial charge in [-0.05, 0) is 37.3 Å². The minimum atomic E-state index is 0. The summed E-state index contributed by atoms with van der Waals surface area (Å²) in [5, 5.41) is 3.38. The second-order valence-corrected chi connectivity index (χ2v) is 5.03. The Morgan fingerprint density at radius 1 is 1.20 bits per heavy atom. The van der Waals surface area contributed by atoms with Crippen LogP contribution in [-0.4, -0.2) is 11.6 Å². The van der Waals surface area contributed by atoms with Crippen LogP contribution in [0.25, 0.3) is 0 Å². The zero-order valence-electron chi connectivity index (χ0n) is 11.3. The van der Waals surface area contributed by atoms with E-state index in [4.69, 9.17) is 4.74 Å². The summed E-state index contributed by atoms with van der Waals surface area (Å²) >= 11 is 3.49. The summed E-state index contributed by atoms with van der Waals surface area (Å²) in [4.78, 5) is 4.28. The van der Waals surface area contributed by atoms with Crippen molar-refractivity contribution in [3.05, 3.63) is 58.3 Å². The van der Waals surface area contributed by atoms with Crippen molar-refractivity contribution in [2.45, 2.75) is 20.0 Å². The third-order valence-corrected chi connectivity index (χ3v) is 3.16. The molecule has 108 valence electrons. The summed E-state index contributed by atoms with van der Waals surface area (Å²) in [7, 11) is 0. The largest absolute Gasteiger partial charge is 0.494 e. The molecule has 1 N–H and O–H groups in total. The van der Waals surface area contributed by atoms with Crippen LogP contribution in [0.4, 0.5) is 0 Å². The lowest BCUT2D eigenvalue weighted by Gasteiger charge is -2.11. The molecule has 0 amide bonds. The average Bonchev–Trinajstić information content (AvgIpc) is 2.43. The maximum atomic E-state index is 5.62. The molecule has 1 heterocycles. The smallest absolute Gasteiger partial charge is 0.123 e. The van der Waals surface area contributed by atoms with Crippen LogP contribution < -0.4 is 10.1 Å². The standard InChI is InChI=1S/C15H17BrN2O.ClH/c1-2-19-15-7-6-13(16)9-12(15)10-17-11-14-5-3-4-8-18-14;/h3-9,17H,2,10-11H2,1H3;1H. The lowest BCUT2D eigenvalue weighted by molar-refractivity contribution is 0.335. The monoisotopic (exact) mass is 356 g/mol. The fraction of sp³-hybridized carbons (Fsp3) is 0.267. The van der Waals surface area contributed by atoms with Crippen LogP contribution in [0.2, 0.25) is 0 Å². The molecule has 0 aliphatic heterocycles. The Morgan fingerprint density at radius 2 is 2.05 bits per heavy atom. The zero-order chi connectivity index (χ0) is 13.5. The summed E-state index contributed by atoms with van der Waals surface area (Å²) in [6.45, 7) is 4.17. The maximum absolute atomic E-state index is 5.62. The molecule has 0 atom stereocenters. The Kier molecular flexibility index (Phi) is 7.59. The van der Waals surface area contributed by atoms with Crippen LogP contribution in [0.3, 0.4) is 0 Å². The lowest BCUT2D eigenvalue weighted by Crippen LogP contribution is -2.14. The first-order valence-electron chi connectivity index (χ1n) is 6.31. The molecule has 0 spiro atoms. The second-order valence-electron chi connectivity index (χ2n) is 4.11. The molecule has 1 aromatic carbocycles. The first kappa shape index (κ1) is 17.0. The third kappa shape index (κ3) is 5.12. The molecule has 5 heteroatoms. The normalized spacial score (nSPS) is 9.90. The van der Waals surface area contributed by atoms with Crippen molar-refractivity contribution in [2.75, 3.05) is 6.61 Å². The van der Waals surface area contributed by atoms with E-state index >= 15 is 0 Å². The number of nitrogens with zero attached hydrogens (tertiary/aromatic N) is 1. The van der Waals surface area contributed by atoms with Crippen molar-refractivity contribution < 1.29 is 4.74 Å². The van der Waals surface area contributed by atoms with E-state index < -0.39 is 0 Å². The van der Waals surface area contributed by atoms with Crippen LogP contribution in [-0.2, 0) is 13.1 Å². The highest BCUT2D eigenvalue weighted by atomic mass is 79.9. The van der Waals surface area contributed by atoms with Crippen LogP contribution >= 0.6 is 28.3 Å². The zero-order valence-corrected chi connectivity index (χ0v) is 13.7. The van der Waals surface area contributed by atoms with E-state index in [2.05, 4.69) is 32.3 Å². The first-order chi connectivity index (χ1) is 9.29. The third-order valence-electron chi connectivity index (χ3n) is 2.67. The lowest BCUT2D eigenvalue weighted by atomic mass is 10.2. The summed E-state index contributed by atoms with van der Waals surface area (Å²) < 4.78 is 6.68. The number of benzene rings is 1. The summed E-state index contributed by atoms with van der Waals surface area (Å²) in [6, 6.07) is 12.0. The molecule has 2 rings (SSSR count).